The van der Waals surface area contributed by atoms with Gasteiger partial charge in [-0.2, -0.15) is 13.2 Å². The van der Waals surface area contributed by atoms with Crippen molar-refractivity contribution >= 4 is 10.9 Å². The van der Waals surface area contributed by atoms with Crippen molar-refractivity contribution in [2.24, 2.45) is 0 Å². The highest BCUT2D eigenvalue weighted by Gasteiger charge is 2.27. The minimum absolute atomic E-state index is 0.0546. The number of benzene rings is 1. The molecule has 0 spiro atoms. The molecule has 0 bridgehead atoms. The Morgan fingerprint density at radius 1 is 1.22 bits per heavy atom. The summed E-state index contributed by atoms with van der Waals surface area (Å²) >= 11 is 0. The van der Waals surface area contributed by atoms with Gasteiger partial charge in [0.1, 0.15) is 6.61 Å². The molecule has 1 aromatic heterocycles. The predicted molar refractivity (Wildman–Crippen MR) is 63.5 cm³/mol. The van der Waals surface area contributed by atoms with Crippen molar-refractivity contribution in [2.45, 2.75) is 19.6 Å². The Hall–Kier alpha value is -1.49. The van der Waals surface area contributed by atoms with Gasteiger partial charge in [0.15, 0.2) is 0 Å². The Labute approximate surface area is 103 Å². The van der Waals surface area contributed by atoms with Crippen molar-refractivity contribution in [3.63, 3.8) is 0 Å². The van der Waals surface area contributed by atoms with E-state index in [1.807, 2.05) is 41.8 Å². The third-order valence-corrected chi connectivity index (χ3v) is 2.74. The number of alkyl halides is 3. The third-order valence-electron chi connectivity index (χ3n) is 2.74. The van der Waals surface area contributed by atoms with E-state index in [1.54, 1.807) is 0 Å². The second-order valence-corrected chi connectivity index (χ2v) is 4.16. The molecule has 0 aliphatic rings. The van der Waals surface area contributed by atoms with E-state index in [4.69, 9.17) is 0 Å². The second kappa shape index (κ2) is 5.02. The topological polar surface area (TPSA) is 14.2 Å². The molecule has 0 amide bonds. The number of rotatable bonds is 4. The molecule has 0 aliphatic carbocycles. The molecule has 0 saturated carbocycles. The zero-order chi connectivity index (χ0) is 13.2. The van der Waals surface area contributed by atoms with Gasteiger partial charge in [-0.25, -0.2) is 0 Å². The van der Waals surface area contributed by atoms with Crippen LogP contribution in [0.15, 0.2) is 30.3 Å². The molecule has 0 radical (unpaired) electrons. The molecule has 5 heteroatoms. The lowest BCUT2D eigenvalue weighted by atomic mass is 10.2. The molecule has 0 fully saturated rings. The van der Waals surface area contributed by atoms with E-state index in [9.17, 15) is 13.2 Å². The van der Waals surface area contributed by atoms with Crippen molar-refractivity contribution < 1.29 is 17.9 Å². The van der Waals surface area contributed by atoms with Crippen molar-refractivity contribution in [3.8, 4) is 0 Å². The first kappa shape index (κ1) is 13.0. The van der Waals surface area contributed by atoms with Crippen LogP contribution >= 0.6 is 0 Å². The molecule has 2 aromatic rings. The van der Waals surface area contributed by atoms with Crippen molar-refractivity contribution in [2.75, 3.05) is 13.2 Å². The molecule has 18 heavy (non-hydrogen) atoms. The zero-order valence-electron chi connectivity index (χ0n) is 10.00. The first-order chi connectivity index (χ1) is 8.47. The molecule has 2 rings (SSSR count). The molecule has 1 aromatic carbocycles. The normalized spacial score (nSPS) is 12.2. The third kappa shape index (κ3) is 3.04. The van der Waals surface area contributed by atoms with E-state index in [0.29, 0.717) is 6.54 Å². The van der Waals surface area contributed by atoms with Crippen LogP contribution in [-0.4, -0.2) is 24.0 Å². The number of fused-ring (bicyclic) bond motifs is 1. The van der Waals surface area contributed by atoms with Gasteiger partial charge in [-0.1, -0.05) is 18.2 Å². The highest BCUT2D eigenvalue weighted by atomic mass is 19.4. The average molecular weight is 257 g/mol. The lowest BCUT2D eigenvalue weighted by Gasteiger charge is -2.10. The van der Waals surface area contributed by atoms with Crippen molar-refractivity contribution in [1.82, 2.24) is 4.57 Å². The van der Waals surface area contributed by atoms with E-state index in [1.165, 1.54) is 0 Å². The maximum atomic E-state index is 11.9. The Balaban J connectivity index is 2.01. The predicted octanol–water partition coefficient (Wildman–Crippen LogP) is 3.53. The molecule has 98 valence electrons. The van der Waals surface area contributed by atoms with E-state index < -0.39 is 12.8 Å². The van der Waals surface area contributed by atoms with Gasteiger partial charge in [0.2, 0.25) is 0 Å². The van der Waals surface area contributed by atoms with Gasteiger partial charge in [0.25, 0.3) is 0 Å². The van der Waals surface area contributed by atoms with E-state index in [2.05, 4.69) is 4.74 Å². The number of aromatic nitrogens is 1. The highest BCUT2D eigenvalue weighted by molar-refractivity contribution is 5.81. The smallest absolute Gasteiger partial charge is 0.370 e. The zero-order valence-corrected chi connectivity index (χ0v) is 10.00. The summed E-state index contributed by atoms with van der Waals surface area (Å²) in [6.45, 7) is 1.23. The molecule has 0 unspecified atom stereocenters. The summed E-state index contributed by atoms with van der Waals surface area (Å²) in [6.07, 6.45) is -4.26. The Morgan fingerprint density at radius 3 is 2.67 bits per heavy atom. The molecule has 2 nitrogen and oxygen atoms in total. The monoisotopic (exact) mass is 257 g/mol. The van der Waals surface area contributed by atoms with Crippen molar-refractivity contribution in [1.29, 1.82) is 0 Å². The van der Waals surface area contributed by atoms with Gasteiger partial charge >= 0.3 is 6.18 Å². The van der Waals surface area contributed by atoms with Crippen LogP contribution < -0.4 is 0 Å². The van der Waals surface area contributed by atoms with Crippen LogP contribution in [-0.2, 0) is 11.3 Å². The largest absolute Gasteiger partial charge is 0.411 e. The lowest BCUT2D eigenvalue weighted by Crippen LogP contribution is -2.19. The van der Waals surface area contributed by atoms with Gasteiger partial charge in [-0.3, -0.25) is 0 Å². The summed E-state index contributed by atoms with van der Waals surface area (Å²) in [7, 11) is 0. The summed E-state index contributed by atoms with van der Waals surface area (Å²) in [4.78, 5) is 0. The fourth-order valence-electron chi connectivity index (χ4n) is 1.99. The summed E-state index contributed by atoms with van der Waals surface area (Å²) in [6, 6.07) is 9.79. The summed E-state index contributed by atoms with van der Waals surface area (Å²) in [5, 5.41) is 1.09. The summed E-state index contributed by atoms with van der Waals surface area (Å²) in [5.74, 6) is 0. The molecule has 0 N–H and O–H groups in total. The molecule has 0 saturated heterocycles. The maximum absolute atomic E-state index is 11.9. The number of aryl methyl sites for hydroxylation is 1. The van der Waals surface area contributed by atoms with Gasteiger partial charge in [0.05, 0.1) is 6.61 Å². The van der Waals surface area contributed by atoms with Crippen LogP contribution in [0.25, 0.3) is 10.9 Å². The lowest BCUT2D eigenvalue weighted by molar-refractivity contribution is -0.174. The summed E-state index contributed by atoms with van der Waals surface area (Å²) in [5.41, 5.74) is 2.04. The second-order valence-electron chi connectivity index (χ2n) is 4.16. The number of hydrogen-bond donors (Lipinski definition) is 0. The molecular weight excluding hydrogens is 243 g/mol. The fourth-order valence-corrected chi connectivity index (χ4v) is 1.99. The number of hydrogen-bond acceptors (Lipinski definition) is 1. The van der Waals surface area contributed by atoms with Crippen molar-refractivity contribution in [3.05, 3.63) is 36.0 Å². The van der Waals surface area contributed by atoms with Crippen LogP contribution in [0.3, 0.4) is 0 Å². The van der Waals surface area contributed by atoms with Crippen LogP contribution in [0, 0.1) is 6.92 Å². The molecule has 0 atom stereocenters. The first-order valence-electron chi connectivity index (χ1n) is 5.67. The molecule has 1 heterocycles. The number of para-hydroxylation sites is 1. The maximum Gasteiger partial charge on any atom is 0.411 e. The van der Waals surface area contributed by atoms with Crippen LogP contribution in [0.1, 0.15) is 5.69 Å². The minimum atomic E-state index is -4.26. The quantitative estimate of drug-likeness (QED) is 0.764. The van der Waals surface area contributed by atoms with E-state index in [0.717, 1.165) is 16.6 Å². The highest BCUT2D eigenvalue weighted by Crippen LogP contribution is 2.19. The Morgan fingerprint density at radius 2 is 1.94 bits per heavy atom. The standard InChI is InChI=1S/C13H14F3NO/c1-10-8-11-4-2-3-5-12(11)17(10)6-7-18-9-13(14,15)16/h2-5,8H,6-7,9H2,1H3. The van der Waals surface area contributed by atoms with E-state index >= 15 is 0 Å². The van der Waals surface area contributed by atoms with Crippen LogP contribution in [0.4, 0.5) is 13.2 Å². The van der Waals surface area contributed by atoms with Gasteiger partial charge in [-0.15, -0.1) is 0 Å². The summed E-state index contributed by atoms with van der Waals surface area (Å²) < 4.78 is 42.4. The minimum Gasteiger partial charge on any atom is -0.370 e. The number of halogens is 3. The van der Waals surface area contributed by atoms with Gasteiger partial charge in [0, 0.05) is 17.8 Å². The van der Waals surface area contributed by atoms with Crippen LogP contribution in [0.2, 0.25) is 0 Å². The Kier molecular flexibility index (Phi) is 3.61. The van der Waals surface area contributed by atoms with E-state index in [-0.39, 0.29) is 6.61 Å². The average Bonchev–Trinajstić information content (AvgIpc) is 2.59. The SMILES string of the molecule is Cc1cc2ccccc2n1CCOCC(F)(F)F. The fraction of sp³-hybridized carbons (Fsp3) is 0.385. The van der Waals surface area contributed by atoms with Gasteiger partial charge < -0.3 is 9.30 Å². The molecular formula is C13H14F3NO. The number of nitrogens with zero attached hydrogens (tertiary/aromatic N) is 1. The molecule has 0 aliphatic heterocycles. The first-order valence-corrected chi connectivity index (χ1v) is 5.67. The van der Waals surface area contributed by atoms with Gasteiger partial charge in [-0.05, 0) is 24.4 Å². The Bertz CT molecular complexity index is 531. The van der Waals surface area contributed by atoms with Crippen LogP contribution in [0.5, 0.6) is 0 Å². The number of ether oxygens (including phenoxy) is 1.